The molecule has 0 aliphatic rings. The first-order valence-electron chi connectivity index (χ1n) is 6.20. The van der Waals surface area contributed by atoms with Crippen molar-refractivity contribution in [2.75, 3.05) is 7.11 Å². The summed E-state index contributed by atoms with van der Waals surface area (Å²) in [5.74, 6) is 1.43. The Morgan fingerprint density at radius 3 is 2.85 bits per heavy atom. The van der Waals surface area contributed by atoms with Crippen LogP contribution in [0.4, 0.5) is 5.69 Å². The Morgan fingerprint density at radius 1 is 1.45 bits per heavy atom. The number of rotatable bonds is 6. The number of hydrogen-bond donors (Lipinski definition) is 1. The Bertz CT molecular complexity index is 581. The molecule has 0 aliphatic heterocycles. The van der Waals surface area contributed by atoms with Crippen LogP contribution in [-0.2, 0) is 6.54 Å². The minimum absolute atomic E-state index is 0.00830. The number of nitrogens with zero attached hydrogens (tertiary/aromatic N) is 1. The van der Waals surface area contributed by atoms with Crippen LogP contribution in [0.2, 0.25) is 0 Å². The number of furan rings is 1. The topological polar surface area (TPSA) is 77.5 Å². The highest BCUT2D eigenvalue weighted by molar-refractivity contribution is 5.43. The highest BCUT2D eigenvalue weighted by Gasteiger charge is 2.13. The fourth-order valence-corrected chi connectivity index (χ4v) is 1.92. The van der Waals surface area contributed by atoms with Gasteiger partial charge in [-0.15, -0.1) is 0 Å². The zero-order valence-electron chi connectivity index (χ0n) is 11.3. The molecule has 0 aliphatic carbocycles. The van der Waals surface area contributed by atoms with Gasteiger partial charge < -0.3 is 14.5 Å². The third kappa shape index (κ3) is 3.16. The summed E-state index contributed by atoms with van der Waals surface area (Å²) in [5, 5.41) is 14.1. The van der Waals surface area contributed by atoms with Gasteiger partial charge in [0.2, 0.25) is 0 Å². The Hall–Kier alpha value is -2.34. The summed E-state index contributed by atoms with van der Waals surface area (Å²) in [6.07, 6.45) is 1.61. The maximum atomic E-state index is 10.8. The molecule has 0 fully saturated rings. The molecule has 0 spiro atoms. The molecule has 6 nitrogen and oxygen atoms in total. The van der Waals surface area contributed by atoms with Gasteiger partial charge in [-0.3, -0.25) is 10.1 Å². The highest BCUT2D eigenvalue weighted by atomic mass is 16.6. The lowest BCUT2D eigenvalue weighted by molar-refractivity contribution is -0.384. The van der Waals surface area contributed by atoms with Gasteiger partial charge in [0, 0.05) is 24.2 Å². The maximum absolute atomic E-state index is 10.8. The van der Waals surface area contributed by atoms with E-state index in [2.05, 4.69) is 5.32 Å². The number of nitro benzene ring substituents is 1. The summed E-state index contributed by atoms with van der Waals surface area (Å²) in [4.78, 5) is 10.4. The van der Waals surface area contributed by atoms with E-state index in [-0.39, 0.29) is 11.7 Å². The van der Waals surface area contributed by atoms with Crippen LogP contribution in [0.1, 0.15) is 24.3 Å². The van der Waals surface area contributed by atoms with Gasteiger partial charge in [0.15, 0.2) is 0 Å². The number of non-ortho nitro benzene ring substituents is 1. The molecule has 0 radical (unpaired) electrons. The lowest BCUT2D eigenvalue weighted by atomic mass is 10.1. The van der Waals surface area contributed by atoms with Crippen LogP contribution in [0.15, 0.2) is 41.0 Å². The lowest BCUT2D eigenvalue weighted by Crippen LogP contribution is -2.18. The van der Waals surface area contributed by atoms with Crippen LogP contribution in [0.3, 0.4) is 0 Å². The molecule has 20 heavy (non-hydrogen) atoms. The second-order valence-corrected chi connectivity index (χ2v) is 4.37. The molecule has 1 aromatic carbocycles. The Kier molecular flexibility index (Phi) is 4.37. The van der Waals surface area contributed by atoms with E-state index in [1.165, 1.54) is 12.1 Å². The van der Waals surface area contributed by atoms with Crippen molar-refractivity contribution in [3.63, 3.8) is 0 Å². The van der Waals surface area contributed by atoms with Crippen molar-refractivity contribution in [1.82, 2.24) is 5.32 Å². The molecule has 106 valence electrons. The molecule has 1 N–H and O–H groups in total. The predicted octanol–water partition coefficient (Wildman–Crippen LogP) is 3.05. The van der Waals surface area contributed by atoms with Crippen molar-refractivity contribution < 1.29 is 14.1 Å². The molecule has 1 aromatic heterocycles. The van der Waals surface area contributed by atoms with Gasteiger partial charge in [-0.05, 0) is 25.1 Å². The number of nitrogens with one attached hydrogen (secondary N) is 1. The average molecular weight is 276 g/mol. The minimum Gasteiger partial charge on any atom is -0.496 e. The molecule has 2 aromatic rings. The minimum atomic E-state index is -0.418. The number of benzene rings is 1. The van der Waals surface area contributed by atoms with Gasteiger partial charge in [0.25, 0.3) is 5.69 Å². The molecule has 0 saturated heterocycles. The van der Waals surface area contributed by atoms with E-state index in [9.17, 15) is 10.1 Å². The van der Waals surface area contributed by atoms with E-state index in [1.807, 2.05) is 19.1 Å². The lowest BCUT2D eigenvalue weighted by Gasteiger charge is -2.13. The second-order valence-electron chi connectivity index (χ2n) is 4.37. The molecule has 1 heterocycles. The van der Waals surface area contributed by atoms with Gasteiger partial charge >= 0.3 is 0 Å². The zero-order chi connectivity index (χ0) is 14.5. The van der Waals surface area contributed by atoms with Crippen LogP contribution in [0.5, 0.6) is 5.75 Å². The quantitative estimate of drug-likeness (QED) is 0.648. The van der Waals surface area contributed by atoms with Crippen molar-refractivity contribution >= 4 is 5.69 Å². The van der Waals surface area contributed by atoms with Gasteiger partial charge in [-0.1, -0.05) is 0 Å². The number of hydrogen-bond acceptors (Lipinski definition) is 5. The number of ether oxygens (including phenoxy) is 1. The van der Waals surface area contributed by atoms with Crippen molar-refractivity contribution in [3.8, 4) is 5.75 Å². The molecule has 1 atom stereocenters. The van der Waals surface area contributed by atoms with Gasteiger partial charge in [0.05, 0.1) is 24.3 Å². The van der Waals surface area contributed by atoms with Crippen LogP contribution in [0.25, 0.3) is 0 Å². The van der Waals surface area contributed by atoms with Crippen LogP contribution in [0, 0.1) is 10.1 Å². The second kappa shape index (κ2) is 6.21. The summed E-state index contributed by atoms with van der Waals surface area (Å²) in [6, 6.07) is 8.25. The Labute approximate surface area is 116 Å². The zero-order valence-corrected chi connectivity index (χ0v) is 11.3. The summed E-state index contributed by atoms with van der Waals surface area (Å²) >= 11 is 0. The summed E-state index contributed by atoms with van der Waals surface area (Å²) in [7, 11) is 1.54. The molecule has 0 bridgehead atoms. The fraction of sp³-hybridized carbons (Fsp3) is 0.286. The van der Waals surface area contributed by atoms with E-state index >= 15 is 0 Å². The third-order valence-electron chi connectivity index (χ3n) is 3.04. The largest absolute Gasteiger partial charge is 0.496 e. The van der Waals surface area contributed by atoms with Crippen molar-refractivity contribution in [2.45, 2.75) is 19.5 Å². The van der Waals surface area contributed by atoms with Gasteiger partial charge in [0.1, 0.15) is 11.5 Å². The molecular weight excluding hydrogens is 260 g/mol. The van der Waals surface area contributed by atoms with E-state index in [4.69, 9.17) is 9.15 Å². The smallest absolute Gasteiger partial charge is 0.270 e. The standard InChI is InChI=1S/C14H16N2O4/c1-10(13-4-3-7-20-13)15-9-11-8-12(16(17)18)5-6-14(11)19-2/h3-8,10,15H,9H2,1-2H3/t10-/m0/s1. The van der Waals surface area contributed by atoms with Gasteiger partial charge in [-0.2, -0.15) is 0 Å². The fourth-order valence-electron chi connectivity index (χ4n) is 1.92. The molecule has 0 unspecified atom stereocenters. The molecular formula is C14H16N2O4. The Balaban J connectivity index is 2.11. The van der Waals surface area contributed by atoms with E-state index in [0.29, 0.717) is 12.3 Å². The summed E-state index contributed by atoms with van der Waals surface area (Å²) in [6.45, 7) is 2.41. The van der Waals surface area contributed by atoms with Crippen LogP contribution in [-0.4, -0.2) is 12.0 Å². The molecule has 2 rings (SSSR count). The molecule has 0 saturated carbocycles. The first-order chi connectivity index (χ1) is 9.61. The van der Waals surface area contributed by atoms with Crippen LogP contribution < -0.4 is 10.1 Å². The van der Waals surface area contributed by atoms with E-state index in [0.717, 1.165) is 11.3 Å². The van der Waals surface area contributed by atoms with Gasteiger partial charge in [-0.25, -0.2) is 0 Å². The SMILES string of the molecule is COc1ccc([N+](=O)[O-])cc1CN[C@@H](C)c1ccco1. The Morgan fingerprint density at radius 2 is 2.25 bits per heavy atom. The number of methoxy groups -OCH3 is 1. The first kappa shape index (κ1) is 14.1. The average Bonchev–Trinajstić information content (AvgIpc) is 2.98. The molecule has 0 amide bonds. The van der Waals surface area contributed by atoms with E-state index < -0.39 is 4.92 Å². The van der Waals surface area contributed by atoms with Crippen molar-refractivity contribution in [3.05, 3.63) is 58.0 Å². The number of nitro groups is 1. The van der Waals surface area contributed by atoms with Crippen LogP contribution >= 0.6 is 0 Å². The predicted molar refractivity (Wildman–Crippen MR) is 73.6 cm³/mol. The first-order valence-corrected chi connectivity index (χ1v) is 6.20. The van der Waals surface area contributed by atoms with Crippen molar-refractivity contribution in [1.29, 1.82) is 0 Å². The van der Waals surface area contributed by atoms with Crippen molar-refractivity contribution in [2.24, 2.45) is 0 Å². The summed E-state index contributed by atoms with van der Waals surface area (Å²) in [5.41, 5.74) is 0.786. The summed E-state index contributed by atoms with van der Waals surface area (Å²) < 4.78 is 10.5. The molecule has 6 heteroatoms. The highest BCUT2D eigenvalue weighted by Crippen LogP contribution is 2.24. The normalized spacial score (nSPS) is 12.1. The maximum Gasteiger partial charge on any atom is 0.270 e. The third-order valence-corrected chi connectivity index (χ3v) is 3.04. The monoisotopic (exact) mass is 276 g/mol. The van der Waals surface area contributed by atoms with E-state index in [1.54, 1.807) is 19.4 Å².